The lowest BCUT2D eigenvalue weighted by molar-refractivity contribution is -0.734. The fourth-order valence-corrected chi connectivity index (χ4v) is 3.99. The second-order valence-electron chi connectivity index (χ2n) is 7.71. The highest BCUT2D eigenvalue weighted by Gasteiger charge is 2.50. The third-order valence-corrected chi connectivity index (χ3v) is 5.43. The highest BCUT2D eigenvalue weighted by atomic mass is 16.9. The summed E-state index contributed by atoms with van der Waals surface area (Å²) in [6, 6.07) is 0. The van der Waals surface area contributed by atoms with Crippen molar-refractivity contribution in [2.24, 2.45) is 23.7 Å². The van der Waals surface area contributed by atoms with Gasteiger partial charge in [0.25, 0.3) is 0 Å². The van der Waals surface area contributed by atoms with Crippen LogP contribution in [-0.2, 0) is 28.6 Å². The summed E-state index contributed by atoms with van der Waals surface area (Å²) in [6.45, 7) is 8.21. The van der Waals surface area contributed by atoms with Crippen LogP contribution in [0.3, 0.4) is 0 Å². The third kappa shape index (κ3) is 5.12. The van der Waals surface area contributed by atoms with E-state index in [1.165, 1.54) is 0 Å². The Morgan fingerprint density at radius 1 is 1.37 bits per heavy atom. The van der Waals surface area contributed by atoms with Crippen LogP contribution in [0.1, 0.15) is 53.4 Å². The van der Waals surface area contributed by atoms with Crippen LogP contribution in [0.2, 0.25) is 0 Å². The molecule has 8 heteroatoms. The van der Waals surface area contributed by atoms with E-state index in [-0.39, 0.29) is 29.7 Å². The molecule has 1 aliphatic carbocycles. The topological polar surface area (TPSA) is 97.1 Å². The van der Waals surface area contributed by atoms with E-state index in [2.05, 4.69) is 25.6 Å². The summed E-state index contributed by atoms with van der Waals surface area (Å²) in [6.07, 6.45) is 1.79. The SMILES string of the molecule is CCOC(=O)/C([C@@H]1CC(=O)O[C@H]1O[C@@H]1C[C@H](C)CC[C@H]1C(C)C)=[N+](/[O-])OC. The van der Waals surface area contributed by atoms with Crippen molar-refractivity contribution in [3.8, 4) is 0 Å². The predicted octanol–water partition coefficient (Wildman–Crippen LogP) is 2.43. The molecule has 1 heterocycles. The van der Waals surface area contributed by atoms with Gasteiger partial charge in [0.15, 0.2) is 0 Å². The van der Waals surface area contributed by atoms with Gasteiger partial charge in [-0.25, -0.2) is 4.79 Å². The third-order valence-electron chi connectivity index (χ3n) is 5.43. The molecule has 27 heavy (non-hydrogen) atoms. The molecule has 2 fully saturated rings. The molecule has 1 aliphatic heterocycles. The maximum atomic E-state index is 12.3. The summed E-state index contributed by atoms with van der Waals surface area (Å²) >= 11 is 0. The zero-order valence-electron chi connectivity index (χ0n) is 16.8. The molecule has 0 aromatic carbocycles. The summed E-state index contributed by atoms with van der Waals surface area (Å²) < 4.78 is 16.5. The average Bonchev–Trinajstić information content (AvgIpc) is 2.94. The highest BCUT2D eigenvalue weighted by molar-refractivity contribution is 6.35. The van der Waals surface area contributed by atoms with Crippen molar-refractivity contribution in [2.75, 3.05) is 13.7 Å². The average molecular weight is 385 g/mol. The molecule has 0 radical (unpaired) electrons. The summed E-state index contributed by atoms with van der Waals surface area (Å²) in [5.74, 6) is -0.951. The lowest BCUT2D eigenvalue weighted by atomic mass is 9.75. The van der Waals surface area contributed by atoms with Crippen LogP contribution in [0, 0.1) is 28.9 Å². The lowest BCUT2D eigenvalue weighted by Gasteiger charge is -2.38. The Hall–Kier alpha value is -1.83. The van der Waals surface area contributed by atoms with Gasteiger partial charge in [0.2, 0.25) is 6.29 Å². The summed E-state index contributed by atoms with van der Waals surface area (Å²) in [7, 11) is 1.15. The Labute approximate surface area is 160 Å². The van der Waals surface area contributed by atoms with Gasteiger partial charge in [-0.15, -0.1) is 0 Å². The van der Waals surface area contributed by atoms with Crippen molar-refractivity contribution >= 4 is 17.7 Å². The highest BCUT2D eigenvalue weighted by Crippen LogP contribution is 2.38. The number of carbonyl (C=O) groups excluding carboxylic acids is 2. The Balaban J connectivity index is 2.25. The molecule has 8 nitrogen and oxygen atoms in total. The van der Waals surface area contributed by atoms with Crippen LogP contribution >= 0.6 is 0 Å². The van der Waals surface area contributed by atoms with Crippen LogP contribution in [0.5, 0.6) is 0 Å². The standard InChI is InChI=1S/C19H31NO7/c1-6-25-18(22)17(20(23)24-5)14-10-16(21)27-19(14)26-15-9-12(4)7-8-13(15)11(2)3/h11-15,19H,6-10H2,1-5H3/b20-17-/t12-,13+,14+,15-,19-/m1/s1. The Morgan fingerprint density at radius 3 is 2.67 bits per heavy atom. The zero-order chi connectivity index (χ0) is 20.1. The monoisotopic (exact) mass is 385 g/mol. The van der Waals surface area contributed by atoms with Gasteiger partial charge in [0.05, 0.1) is 19.1 Å². The molecule has 2 aliphatic rings. The predicted molar refractivity (Wildman–Crippen MR) is 96.5 cm³/mol. The quantitative estimate of drug-likeness (QED) is 0.287. The first-order chi connectivity index (χ1) is 12.8. The van der Waals surface area contributed by atoms with Crippen molar-refractivity contribution < 1.29 is 33.5 Å². The molecule has 0 aromatic heterocycles. The molecule has 0 bridgehead atoms. The Bertz CT molecular complexity index is 574. The second-order valence-corrected chi connectivity index (χ2v) is 7.71. The van der Waals surface area contributed by atoms with E-state index in [0.29, 0.717) is 17.8 Å². The largest absolute Gasteiger partial charge is 0.458 e. The molecular weight excluding hydrogens is 354 g/mol. The van der Waals surface area contributed by atoms with Crippen LogP contribution in [0.15, 0.2) is 0 Å². The van der Waals surface area contributed by atoms with E-state index in [1.807, 2.05) is 0 Å². The van der Waals surface area contributed by atoms with Crippen molar-refractivity contribution in [1.82, 2.24) is 0 Å². The first kappa shape index (κ1) is 21.5. The molecule has 5 atom stereocenters. The number of rotatable bonds is 7. The lowest BCUT2D eigenvalue weighted by Crippen LogP contribution is -2.43. The number of nitrogens with zero attached hydrogens (tertiary/aromatic N) is 1. The first-order valence-corrected chi connectivity index (χ1v) is 9.68. The Kier molecular flexibility index (Phi) is 7.47. The molecule has 0 N–H and O–H groups in total. The van der Waals surface area contributed by atoms with E-state index in [9.17, 15) is 14.8 Å². The molecule has 0 spiro atoms. The number of cyclic esters (lactones) is 1. The number of hydrogen-bond donors (Lipinski definition) is 0. The van der Waals surface area contributed by atoms with Crippen molar-refractivity contribution in [3.63, 3.8) is 0 Å². The molecular formula is C19H31NO7. The minimum Gasteiger partial charge on any atom is -0.458 e. The summed E-state index contributed by atoms with van der Waals surface area (Å²) in [5, 5.41) is 12.1. The number of esters is 2. The summed E-state index contributed by atoms with van der Waals surface area (Å²) in [5.41, 5.74) is -0.305. The normalized spacial score (nSPS) is 32.1. The van der Waals surface area contributed by atoms with E-state index >= 15 is 0 Å². The van der Waals surface area contributed by atoms with Crippen molar-refractivity contribution in [3.05, 3.63) is 5.21 Å². The van der Waals surface area contributed by atoms with Gasteiger partial charge in [0.1, 0.15) is 5.92 Å². The van der Waals surface area contributed by atoms with Gasteiger partial charge in [-0.05, 0) is 37.5 Å². The fourth-order valence-electron chi connectivity index (χ4n) is 3.99. The van der Waals surface area contributed by atoms with Crippen LogP contribution < -0.4 is 0 Å². The van der Waals surface area contributed by atoms with Gasteiger partial charge in [-0.3, -0.25) is 10.0 Å². The van der Waals surface area contributed by atoms with Gasteiger partial charge < -0.3 is 19.0 Å². The molecule has 0 unspecified atom stereocenters. The molecule has 154 valence electrons. The van der Waals surface area contributed by atoms with Crippen LogP contribution in [-0.4, -0.2) is 48.7 Å². The van der Waals surface area contributed by atoms with Crippen molar-refractivity contribution in [1.29, 1.82) is 0 Å². The first-order valence-electron chi connectivity index (χ1n) is 9.68. The number of carbonyl (C=O) groups is 2. The smallest absolute Gasteiger partial charge is 0.405 e. The van der Waals surface area contributed by atoms with Gasteiger partial charge >= 0.3 is 17.7 Å². The van der Waals surface area contributed by atoms with Gasteiger partial charge in [0, 0.05) is 12.0 Å². The molecule has 1 saturated heterocycles. The van der Waals surface area contributed by atoms with Crippen molar-refractivity contribution in [2.45, 2.75) is 65.8 Å². The van der Waals surface area contributed by atoms with E-state index in [0.717, 1.165) is 26.4 Å². The second kappa shape index (κ2) is 9.39. The Morgan fingerprint density at radius 2 is 2.07 bits per heavy atom. The van der Waals surface area contributed by atoms with Crippen LogP contribution in [0.4, 0.5) is 0 Å². The van der Waals surface area contributed by atoms with Crippen LogP contribution in [0.25, 0.3) is 0 Å². The molecule has 1 saturated carbocycles. The fraction of sp³-hybridized carbons (Fsp3) is 0.842. The van der Waals surface area contributed by atoms with E-state index in [4.69, 9.17) is 14.2 Å². The minimum absolute atomic E-state index is 0.0877. The minimum atomic E-state index is -1.000. The number of hydrogen-bond acceptors (Lipinski definition) is 7. The molecule has 0 aromatic rings. The zero-order valence-corrected chi connectivity index (χ0v) is 16.8. The van der Waals surface area contributed by atoms with E-state index in [1.54, 1.807) is 6.92 Å². The van der Waals surface area contributed by atoms with E-state index < -0.39 is 24.1 Å². The number of ether oxygens (including phenoxy) is 3. The summed E-state index contributed by atoms with van der Waals surface area (Å²) in [4.78, 5) is 29.0. The molecule has 2 rings (SSSR count). The molecule has 0 amide bonds. The van der Waals surface area contributed by atoms with Gasteiger partial charge in [-0.1, -0.05) is 27.2 Å². The van der Waals surface area contributed by atoms with Gasteiger partial charge in [-0.2, -0.15) is 0 Å². The maximum absolute atomic E-state index is 12.3. The maximum Gasteiger partial charge on any atom is 0.405 e.